The van der Waals surface area contributed by atoms with Crippen molar-refractivity contribution in [3.05, 3.63) is 75.3 Å². The number of phenolic OH excluding ortho intramolecular Hbond substituents is 2. The van der Waals surface area contributed by atoms with Gasteiger partial charge >= 0.3 is 0 Å². The number of benzene rings is 3. The van der Waals surface area contributed by atoms with E-state index in [9.17, 15) is 24.9 Å². The number of aromatic hydroxyl groups is 2. The molecule has 11 heteroatoms. The van der Waals surface area contributed by atoms with Crippen molar-refractivity contribution in [1.29, 1.82) is 0 Å². The molecular weight excluding hydrogens is 537 g/mol. The van der Waals surface area contributed by atoms with Gasteiger partial charge in [0.05, 0.1) is 48.7 Å². The number of ether oxygens (including phenoxy) is 3. The molecule has 0 radical (unpaired) electrons. The molecule has 0 aliphatic carbocycles. The summed E-state index contributed by atoms with van der Waals surface area (Å²) in [5.74, 6) is -2.65. The number of nitrogens with zero attached hydrogens (tertiary/aromatic N) is 1. The van der Waals surface area contributed by atoms with E-state index in [1.54, 1.807) is 6.92 Å². The Kier molecular flexibility index (Phi) is 7.61. The third-order valence-electron chi connectivity index (χ3n) is 5.97. The molecule has 1 aliphatic heterocycles. The van der Waals surface area contributed by atoms with Gasteiger partial charge in [-0.1, -0.05) is 29.3 Å². The number of halogens is 2. The van der Waals surface area contributed by atoms with Gasteiger partial charge < -0.3 is 29.5 Å². The lowest BCUT2D eigenvalue weighted by Gasteiger charge is -2.26. The van der Waals surface area contributed by atoms with Crippen LogP contribution in [0.3, 0.4) is 0 Å². The van der Waals surface area contributed by atoms with Crippen molar-refractivity contribution in [3.63, 3.8) is 0 Å². The van der Waals surface area contributed by atoms with E-state index in [1.807, 2.05) is 0 Å². The Hall–Kier alpha value is -4.08. The highest BCUT2D eigenvalue weighted by Crippen LogP contribution is 2.48. The summed E-state index contributed by atoms with van der Waals surface area (Å²) in [6.07, 6.45) is 0. The summed E-state index contributed by atoms with van der Waals surface area (Å²) >= 11 is 12.4. The van der Waals surface area contributed by atoms with Crippen LogP contribution in [0.4, 0.5) is 5.69 Å². The fourth-order valence-electron chi connectivity index (χ4n) is 4.25. The second kappa shape index (κ2) is 10.7. The van der Waals surface area contributed by atoms with Crippen LogP contribution in [0, 0.1) is 0 Å². The first kappa shape index (κ1) is 27.0. The number of aliphatic hydroxyl groups is 1. The Balaban J connectivity index is 2.04. The van der Waals surface area contributed by atoms with E-state index in [2.05, 4.69) is 0 Å². The van der Waals surface area contributed by atoms with Crippen molar-refractivity contribution >= 4 is 46.3 Å². The van der Waals surface area contributed by atoms with Crippen LogP contribution in [0.2, 0.25) is 10.0 Å². The summed E-state index contributed by atoms with van der Waals surface area (Å²) in [6, 6.07) is 9.78. The predicted molar refractivity (Wildman–Crippen MR) is 142 cm³/mol. The summed E-state index contributed by atoms with van der Waals surface area (Å²) in [6.45, 7) is 1.95. The smallest absolute Gasteiger partial charge is 0.300 e. The van der Waals surface area contributed by atoms with Crippen LogP contribution >= 0.6 is 23.2 Å². The Morgan fingerprint density at radius 1 is 0.921 bits per heavy atom. The molecule has 0 spiro atoms. The Morgan fingerprint density at radius 2 is 1.61 bits per heavy atom. The van der Waals surface area contributed by atoms with Crippen molar-refractivity contribution in [2.24, 2.45) is 0 Å². The summed E-state index contributed by atoms with van der Waals surface area (Å²) < 4.78 is 16.1. The normalized spacial score (nSPS) is 16.6. The summed E-state index contributed by atoms with van der Waals surface area (Å²) in [5.41, 5.74) is -0.0539. The van der Waals surface area contributed by atoms with Crippen LogP contribution < -0.4 is 19.1 Å². The molecule has 1 amide bonds. The zero-order chi connectivity index (χ0) is 27.7. The third-order valence-corrected chi connectivity index (χ3v) is 6.50. The van der Waals surface area contributed by atoms with Gasteiger partial charge in [-0.3, -0.25) is 14.5 Å². The molecule has 3 aromatic carbocycles. The Bertz CT molecular complexity index is 1470. The van der Waals surface area contributed by atoms with Gasteiger partial charge in [0.2, 0.25) is 0 Å². The van der Waals surface area contributed by atoms with Gasteiger partial charge in [0.15, 0.2) is 11.5 Å². The lowest BCUT2D eigenvalue weighted by Crippen LogP contribution is -2.29. The van der Waals surface area contributed by atoms with Gasteiger partial charge in [-0.15, -0.1) is 0 Å². The van der Waals surface area contributed by atoms with Gasteiger partial charge in [-0.25, -0.2) is 0 Å². The molecule has 0 saturated carbocycles. The Morgan fingerprint density at radius 3 is 2.26 bits per heavy atom. The standard InChI is InChI=1S/C27H23Cl2NO8/c1-4-38-22-9-13(5-7-19(22)32)24-23(25(33)15-11-16(29)21(37-3)12-20(15)36-2)26(34)27(35)30(24)17-10-14(28)6-8-18(17)31/h5-12,24,31-33H,4H2,1-3H3/b25-23+. The van der Waals surface area contributed by atoms with E-state index < -0.39 is 23.5 Å². The molecule has 0 bridgehead atoms. The molecule has 1 unspecified atom stereocenters. The number of methoxy groups -OCH3 is 2. The first-order valence-corrected chi connectivity index (χ1v) is 12.1. The van der Waals surface area contributed by atoms with Crippen LogP contribution in [0.25, 0.3) is 5.76 Å². The molecule has 1 heterocycles. The largest absolute Gasteiger partial charge is 0.507 e. The van der Waals surface area contributed by atoms with Crippen molar-refractivity contribution in [3.8, 4) is 28.7 Å². The quantitative estimate of drug-likeness (QED) is 0.198. The number of aliphatic hydroxyl groups excluding tert-OH is 1. The number of Topliss-reactive ketones (excluding diaryl/α,β-unsaturated/α-hetero) is 1. The van der Waals surface area contributed by atoms with E-state index in [1.165, 1.54) is 62.8 Å². The van der Waals surface area contributed by atoms with Gasteiger partial charge in [0.1, 0.15) is 23.0 Å². The summed E-state index contributed by atoms with van der Waals surface area (Å²) in [5, 5.41) is 32.7. The molecule has 38 heavy (non-hydrogen) atoms. The number of ketones is 1. The number of anilines is 1. The molecule has 198 valence electrons. The van der Waals surface area contributed by atoms with E-state index >= 15 is 0 Å². The van der Waals surface area contributed by atoms with Crippen molar-refractivity contribution < 1.29 is 39.1 Å². The molecule has 1 aliphatic rings. The highest BCUT2D eigenvalue weighted by molar-refractivity contribution is 6.52. The number of hydrogen-bond acceptors (Lipinski definition) is 8. The minimum atomic E-state index is -1.26. The van der Waals surface area contributed by atoms with E-state index in [0.29, 0.717) is 5.56 Å². The van der Waals surface area contributed by atoms with Crippen LogP contribution in [0.15, 0.2) is 54.1 Å². The SMILES string of the molecule is CCOc1cc(C2/C(=C(\O)c3cc(Cl)c(OC)cc3OC)C(=O)C(=O)N2c2cc(Cl)ccc2O)ccc1O. The topological polar surface area (TPSA) is 126 Å². The van der Waals surface area contributed by atoms with Crippen molar-refractivity contribution in [2.45, 2.75) is 13.0 Å². The van der Waals surface area contributed by atoms with E-state index in [-0.39, 0.29) is 62.2 Å². The number of rotatable bonds is 7. The average molecular weight is 560 g/mol. The van der Waals surface area contributed by atoms with Crippen LogP contribution in [0.1, 0.15) is 24.1 Å². The number of carbonyl (C=O) groups is 2. The van der Waals surface area contributed by atoms with Crippen molar-refractivity contribution in [1.82, 2.24) is 0 Å². The van der Waals surface area contributed by atoms with Crippen molar-refractivity contribution in [2.75, 3.05) is 25.7 Å². The van der Waals surface area contributed by atoms with Gasteiger partial charge in [-0.2, -0.15) is 0 Å². The summed E-state index contributed by atoms with van der Waals surface area (Å²) in [7, 11) is 2.76. The number of carbonyl (C=O) groups excluding carboxylic acids is 2. The zero-order valence-corrected chi connectivity index (χ0v) is 22.0. The fourth-order valence-corrected chi connectivity index (χ4v) is 4.66. The fraction of sp³-hybridized carbons (Fsp3) is 0.185. The molecule has 4 rings (SSSR count). The first-order valence-electron chi connectivity index (χ1n) is 11.3. The average Bonchev–Trinajstić information content (AvgIpc) is 3.16. The van der Waals surface area contributed by atoms with Crippen LogP contribution in [0.5, 0.6) is 28.7 Å². The van der Waals surface area contributed by atoms with Gasteiger partial charge in [-0.05, 0) is 48.9 Å². The molecule has 9 nitrogen and oxygen atoms in total. The Labute approximate surface area is 228 Å². The predicted octanol–water partition coefficient (Wildman–Crippen LogP) is 5.45. The maximum absolute atomic E-state index is 13.5. The lowest BCUT2D eigenvalue weighted by atomic mass is 9.94. The summed E-state index contributed by atoms with van der Waals surface area (Å²) in [4.78, 5) is 27.9. The molecular formula is C27H23Cl2NO8. The van der Waals surface area contributed by atoms with Crippen LogP contribution in [-0.2, 0) is 9.59 Å². The van der Waals surface area contributed by atoms with Gasteiger partial charge in [0.25, 0.3) is 11.7 Å². The molecule has 1 saturated heterocycles. The highest BCUT2D eigenvalue weighted by atomic mass is 35.5. The maximum Gasteiger partial charge on any atom is 0.300 e. The minimum Gasteiger partial charge on any atom is -0.507 e. The highest BCUT2D eigenvalue weighted by Gasteiger charge is 2.48. The molecule has 1 atom stereocenters. The number of hydrogen-bond donors (Lipinski definition) is 3. The third kappa shape index (κ3) is 4.66. The van der Waals surface area contributed by atoms with E-state index in [4.69, 9.17) is 37.4 Å². The van der Waals surface area contributed by atoms with Gasteiger partial charge in [0, 0.05) is 11.1 Å². The molecule has 3 N–H and O–H groups in total. The lowest BCUT2D eigenvalue weighted by molar-refractivity contribution is -0.132. The second-order valence-corrected chi connectivity index (χ2v) is 8.99. The van der Waals surface area contributed by atoms with E-state index in [0.717, 1.165) is 4.90 Å². The second-order valence-electron chi connectivity index (χ2n) is 8.15. The zero-order valence-electron chi connectivity index (χ0n) is 20.5. The molecule has 0 aromatic heterocycles. The number of phenols is 2. The first-order chi connectivity index (χ1) is 18.1. The maximum atomic E-state index is 13.5. The minimum absolute atomic E-state index is 0.0282. The molecule has 3 aromatic rings. The van der Waals surface area contributed by atoms with Crippen LogP contribution in [-0.4, -0.2) is 47.8 Å². The number of amides is 1. The monoisotopic (exact) mass is 559 g/mol. The molecule has 1 fully saturated rings.